The summed E-state index contributed by atoms with van der Waals surface area (Å²) in [6.45, 7) is 1.82. The Kier molecular flexibility index (Phi) is 7.24. The van der Waals surface area contributed by atoms with Crippen molar-refractivity contribution in [2.75, 3.05) is 19.7 Å². The average Bonchev–Trinajstić information content (AvgIpc) is 3.32. The maximum Gasteiger partial charge on any atom is 0.338 e. The van der Waals surface area contributed by atoms with E-state index in [0.29, 0.717) is 22.1 Å². The first-order valence-electron chi connectivity index (χ1n) is 10.5. The van der Waals surface area contributed by atoms with Crippen LogP contribution in [-0.2, 0) is 14.3 Å². The number of likely N-dealkylation sites (tertiary alicyclic amines) is 1. The van der Waals surface area contributed by atoms with Gasteiger partial charge in [0.2, 0.25) is 0 Å². The zero-order chi connectivity index (χ0) is 24.4. The lowest BCUT2D eigenvalue weighted by Crippen LogP contribution is -2.60. The molecule has 0 bridgehead atoms. The number of esters is 1. The maximum atomic E-state index is 14.1. The van der Waals surface area contributed by atoms with Crippen LogP contribution >= 0.6 is 22.9 Å². The number of carboxylic acid groups (broad SMARTS) is 1. The van der Waals surface area contributed by atoms with Gasteiger partial charge in [0.25, 0.3) is 0 Å². The number of nitrogens with zero attached hydrogens (tertiary/aromatic N) is 3. The smallest absolute Gasteiger partial charge is 0.338 e. The highest BCUT2D eigenvalue weighted by Gasteiger charge is 2.43. The summed E-state index contributed by atoms with van der Waals surface area (Å²) in [6, 6.07) is 2.03. The van der Waals surface area contributed by atoms with E-state index in [-0.39, 0.29) is 36.7 Å². The standard InChI is InChI=1S/C22H21ClF2N4O4S/c1-2-33-22(32)18-15(10-29-9-14(25)16(29)8-17(30)31)27-20(21-26-5-6-34-21)28-19(18)12-4-3-11(24)7-13(12)23/h3-7,14,16,19H,2,8-10H2,1H3,(H,27,28)(H,30,31)/t14?,16?,19-/m0/s1. The van der Waals surface area contributed by atoms with Crippen molar-refractivity contribution in [2.45, 2.75) is 31.6 Å². The Labute approximate surface area is 202 Å². The zero-order valence-corrected chi connectivity index (χ0v) is 19.6. The largest absolute Gasteiger partial charge is 0.481 e. The molecular formula is C22H21ClF2N4O4S. The van der Waals surface area contributed by atoms with E-state index in [9.17, 15) is 18.4 Å². The van der Waals surface area contributed by atoms with Crippen molar-refractivity contribution in [1.29, 1.82) is 0 Å². The van der Waals surface area contributed by atoms with Crippen molar-refractivity contribution in [2.24, 2.45) is 4.99 Å². The van der Waals surface area contributed by atoms with Crippen molar-refractivity contribution in [3.05, 3.63) is 62.5 Å². The maximum absolute atomic E-state index is 14.1. The molecular weight excluding hydrogens is 490 g/mol. The summed E-state index contributed by atoms with van der Waals surface area (Å²) in [5, 5.41) is 14.6. The van der Waals surface area contributed by atoms with Crippen LogP contribution < -0.4 is 5.32 Å². The number of aliphatic carboxylic acids is 1. The number of hydrogen-bond donors (Lipinski definition) is 2. The second kappa shape index (κ2) is 10.2. The minimum atomic E-state index is -1.29. The molecule has 0 amide bonds. The third kappa shape index (κ3) is 4.96. The van der Waals surface area contributed by atoms with Gasteiger partial charge >= 0.3 is 11.9 Å². The molecule has 2 unspecified atom stereocenters. The molecule has 0 radical (unpaired) electrons. The number of amidine groups is 1. The second-order valence-corrected chi connectivity index (χ2v) is 9.03. The number of alkyl halides is 1. The van der Waals surface area contributed by atoms with Crippen LogP contribution in [0.15, 0.2) is 46.0 Å². The molecule has 2 aliphatic rings. The van der Waals surface area contributed by atoms with Crippen molar-refractivity contribution in [3.8, 4) is 0 Å². The van der Waals surface area contributed by atoms with Gasteiger partial charge in [-0.1, -0.05) is 17.7 Å². The first kappa shape index (κ1) is 24.2. The zero-order valence-electron chi connectivity index (χ0n) is 18.0. The minimum absolute atomic E-state index is 0.0188. The summed E-state index contributed by atoms with van der Waals surface area (Å²) < 4.78 is 33.2. The molecule has 2 aromatic rings. The number of carbonyl (C=O) groups excluding carboxylic acids is 1. The predicted molar refractivity (Wildman–Crippen MR) is 122 cm³/mol. The van der Waals surface area contributed by atoms with Gasteiger partial charge in [-0.15, -0.1) is 11.3 Å². The van der Waals surface area contributed by atoms with Gasteiger partial charge in [-0.3, -0.25) is 14.7 Å². The van der Waals surface area contributed by atoms with Gasteiger partial charge in [-0.25, -0.2) is 18.6 Å². The lowest BCUT2D eigenvalue weighted by atomic mass is 9.93. The summed E-state index contributed by atoms with van der Waals surface area (Å²) in [7, 11) is 0. The Morgan fingerprint density at radius 3 is 2.82 bits per heavy atom. The first-order chi connectivity index (χ1) is 16.3. The molecule has 3 atom stereocenters. The molecule has 34 heavy (non-hydrogen) atoms. The number of thiazole rings is 1. The van der Waals surface area contributed by atoms with Crippen molar-refractivity contribution >= 4 is 40.7 Å². The van der Waals surface area contributed by atoms with E-state index < -0.39 is 36.0 Å². The monoisotopic (exact) mass is 510 g/mol. The molecule has 1 aromatic heterocycles. The summed E-state index contributed by atoms with van der Waals surface area (Å²) in [5.74, 6) is -1.96. The molecule has 180 valence electrons. The Morgan fingerprint density at radius 2 is 2.21 bits per heavy atom. The highest BCUT2D eigenvalue weighted by molar-refractivity contribution is 7.11. The topological polar surface area (TPSA) is 104 Å². The normalized spacial score (nSPS) is 22.6. The molecule has 1 aromatic carbocycles. The number of benzene rings is 1. The van der Waals surface area contributed by atoms with Gasteiger partial charge < -0.3 is 15.2 Å². The molecule has 0 aliphatic carbocycles. The summed E-state index contributed by atoms with van der Waals surface area (Å²) in [5.41, 5.74) is 0.881. The van der Waals surface area contributed by atoms with Crippen LogP contribution in [0.25, 0.3) is 0 Å². The molecule has 8 nitrogen and oxygen atoms in total. The van der Waals surface area contributed by atoms with E-state index in [2.05, 4.69) is 15.3 Å². The molecule has 1 saturated heterocycles. The number of carboxylic acids is 1. The molecule has 0 spiro atoms. The van der Waals surface area contributed by atoms with Gasteiger partial charge in [0, 0.05) is 40.9 Å². The summed E-state index contributed by atoms with van der Waals surface area (Å²) in [4.78, 5) is 34.8. The highest BCUT2D eigenvalue weighted by atomic mass is 35.5. The molecule has 4 rings (SSSR count). The number of aromatic nitrogens is 1. The van der Waals surface area contributed by atoms with Crippen molar-refractivity contribution < 1.29 is 28.2 Å². The number of halogens is 3. The van der Waals surface area contributed by atoms with Crippen LogP contribution in [0.5, 0.6) is 0 Å². The number of carbonyl (C=O) groups is 2. The molecule has 0 saturated carbocycles. The fourth-order valence-corrected chi connectivity index (χ4v) is 4.82. The third-order valence-electron chi connectivity index (χ3n) is 5.55. The van der Waals surface area contributed by atoms with Crippen molar-refractivity contribution in [3.63, 3.8) is 0 Å². The van der Waals surface area contributed by atoms with E-state index in [0.717, 1.165) is 6.07 Å². The van der Waals surface area contributed by atoms with Crippen LogP contribution in [0.3, 0.4) is 0 Å². The lowest BCUT2D eigenvalue weighted by Gasteiger charge is -2.44. The fourth-order valence-electron chi connectivity index (χ4n) is 3.96. The lowest BCUT2D eigenvalue weighted by molar-refractivity contribution is -0.142. The van der Waals surface area contributed by atoms with Gasteiger partial charge in [0.1, 0.15) is 18.0 Å². The van der Waals surface area contributed by atoms with Gasteiger partial charge in [0.15, 0.2) is 10.8 Å². The second-order valence-electron chi connectivity index (χ2n) is 7.73. The van der Waals surface area contributed by atoms with E-state index >= 15 is 0 Å². The van der Waals surface area contributed by atoms with Crippen molar-refractivity contribution in [1.82, 2.24) is 15.2 Å². The number of ether oxygens (including phenoxy) is 1. The van der Waals surface area contributed by atoms with Crippen LogP contribution in [0, 0.1) is 5.82 Å². The van der Waals surface area contributed by atoms with Crippen LogP contribution in [0.4, 0.5) is 8.78 Å². The number of aliphatic imine (C=N–C) groups is 1. The number of rotatable bonds is 8. The SMILES string of the molecule is CCOC(=O)C1=C(CN2CC(F)C2CC(=O)O)NC(c2nccs2)=N[C@H]1c1ccc(F)cc1Cl. The van der Waals surface area contributed by atoms with E-state index in [1.165, 1.54) is 23.5 Å². The first-order valence-corrected chi connectivity index (χ1v) is 11.7. The number of nitrogens with one attached hydrogen (secondary N) is 1. The van der Waals surface area contributed by atoms with Gasteiger partial charge in [0.05, 0.1) is 24.6 Å². The third-order valence-corrected chi connectivity index (χ3v) is 6.66. The Bertz CT molecular complexity index is 1160. The predicted octanol–water partition coefficient (Wildman–Crippen LogP) is 3.34. The summed E-state index contributed by atoms with van der Waals surface area (Å²) >= 11 is 7.65. The van der Waals surface area contributed by atoms with Crippen LogP contribution in [0.2, 0.25) is 5.02 Å². The molecule has 1 fully saturated rings. The Hall–Kier alpha value is -2.89. The average molecular weight is 511 g/mol. The van der Waals surface area contributed by atoms with Crippen LogP contribution in [0.1, 0.15) is 30.0 Å². The quantitative estimate of drug-likeness (QED) is 0.525. The van der Waals surface area contributed by atoms with Crippen LogP contribution in [-0.4, -0.2) is 64.7 Å². The summed E-state index contributed by atoms with van der Waals surface area (Å²) in [6.07, 6.45) is -0.0646. The Morgan fingerprint density at radius 1 is 1.41 bits per heavy atom. The Balaban J connectivity index is 1.79. The number of hydrogen-bond acceptors (Lipinski definition) is 8. The minimum Gasteiger partial charge on any atom is -0.481 e. The van der Waals surface area contributed by atoms with Gasteiger partial charge in [-0.2, -0.15) is 0 Å². The molecule has 12 heteroatoms. The molecule has 2 N–H and O–H groups in total. The highest BCUT2D eigenvalue weighted by Crippen LogP contribution is 2.37. The van der Waals surface area contributed by atoms with Gasteiger partial charge in [-0.05, 0) is 19.1 Å². The fraction of sp³-hybridized carbons (Fsp3) is 0.364. The van der Waals surface area contributed by atoms with E-state index in [4.69, 9.17) is 21.4 Å². The molecule has 3 heterocycles. The van der Waals surface area contributed by atoms with E-state index in [1.54, 1.807) is 23.4 Å². The van der Waals surface area contributed by atoms with E-state index in [1.807, 2.05) is 0 Å². The molecule has 2 aliphatic heterocycles.